The van der Waals surface area contributed by atoms with E-state index in [-0.39, 0.29) is 107 Å². The van der Waals surface area contributed by atoms with E-state index >= 15 is 0 Å². The molecular weight excluding hydrogens is 719 g/mol. The first-order valence-corrected chi connectivity index (χ1v) is 18.8. The number of carbonyl (C=O) groups excluding carboxylic acids is 6. The standard InChI is InChI=1S/C21H26O5.C16H20N4O5.C3H7.Na.H/c1-19-7-5-13(23)9-12(19)3-4-14-15-6-8-21(26,17(25)11-22)20(15,2)10-16(24)18(14)19;1-6-10(17)13(22)9-7(5-25-15(18)23)16(24-3)14-8(19(14)2)4-20(16)11(9)12(6)21;1-3-2;;/h5,7,9,14-15,18,22,26H,3-4,6,8,10-11H2,1-2H3;7-8,14H,4-5,17H2,1-3H3,(H2,18,23);1,3H2,2H3;;/t14-,15-,18+,19-,20-,21-;7-,8+,14+,16-,19?;;;/m01.../s1. The first-order valence-electron chi connectivity index (χ1n) is 18.8. The molecule has 1 unspecified atom stereocenters. The molecule has 14 nitrogen and oxygen atoms in total. The number of methoxy groups -OCH3 is 1. The van der Waals surface area contributed by atoms with Crippen molar-refractivity contribution in [2.24, 2.45) is 46.0 Å². The van der Waals surface area contributed by atoms with Crippen molar-refractivity contribution in [2.75, 3.05) is 33.9 Å². The van der Waals surface area contributed by atoms with Crippen molar-refractivity contribution in [2.45, 2.75) is 89.6 Å². The number of nitrogens with two attached hydrogens (primary N) is 2. The number of rotatable bonds is 5. The van der Waals surface area contributed by atoms with Gasteiger partial charge in [0.25, 0.3) is 0 Å². The van der Waals surface area contributed by atoms with Gasteiger partial charge in [0.2, 0.25) is 11.6 Å². The number of piperazine rings is 1. The molecule has 5 aliphatic carbocycles. The van der Waals surface area contributed by atoms with E-state index in [1.54, 1.807) is 19.1 Å². The summed E-state index contributed by atoms with van der Waals surface area (Å²) >= 11 is 0. The fraction of sp³-hybridized carbons (Fsp3) is 0.625. The Bertz CT molecular complexity index is 1840. The SMILES string of the molecule is CO[C@@]12[C@H](COC(N)=O)C3=C(C(=O)C(C)=C(N)C3=O)N1C[C@H]1[C@@H]2N1C.C[C@]12C=CC(=O)C=C1CC[C@@H]1[C@@H]2C(=O)C[C@@]2(C)[C@H]1CC[C@]2(O)C(=O)CO.[CH2]CC.[NaH]. The van der Waals surface area contributed by atoms with E-state index in [9.17, 15) is 39.0 Å². The van der Waals surface area contributed by atoms with E-state index in [2.05, 4.69) is 11.8 Å². The molecule has 15 heteroatoms. The number of amides is 1. The fourth-order valence-corrected chi connectivity index (χ4v) is 11.4. The van der Waals surface area contributed by atoms with Gasteiger partial charge in [-0.2, -0.15) is 0 Å². The molecule has 1 radical (unpaired) electrons. The molecule has 3 saturated carbocycles. The average molecular weight is 774 g/mol. The number of aliphatic hydroxyl groups excluding tert-OH is 1. The van der Waals surface area contributed by atoms with E-state index in [4.69, 9.17) is 20.9 Å². The first-order chi connectivity index (χ1) is 25.4. The second-order valence-corrected chi connectivity index (χ2v) is 16.4. The number of fused-ring (bicyclic) bond motifs is 9. The summed E-state index contributed by atoms with van der Waals surface area (Å²) in [5.41, 5.74) is 8.91. The maximum atomic E-state index is 13.3. The Morgan fingerprint density at radius 2 is 1.78 bits per heavy atom. The molecule has 2 saturated heterocycles. The molecule has 5 fully saturated rings. The van der Waals surface area contributed by atoms with Crippen LogP contribution in [-0.4, -0.2) is 142 Å². The van der Waals surface area contributed by atoms with Gasteiger partial charge in [0, 0.05) is 54.0 Å². The third-order valence-electron chi connectivity index (χ3n) is 14.0. The number of primary amides is 1. The van der Waals surface area contributed by atoms with Crippen molar-refractivity contribution < 1.29 is 48.5 Å². The normalized spacial score (nSPS) is 40.2. The summed E-state index contributed by atoms with van der Waals surface area (Å²) in [7, 11) is 3.49. The zero-order valence-electron chi connectivity index (χ0n) is 32.0. The molecule has 55 heavy (non-hydrogen) atoms. The van der Waals surface area contributed by atoms with Crippen LogP contribution < -0.4 is 11.5 Å². The summed E-state index contributed by atoms with van der Waals surface area (Å²) < 4.78 is 10.9. The van der Waals surface area contributed by atoms with Gasteiger partial charge in [0.1, 0.15) is 24.6 Å². The van der Waals surface area contributed by atoms with E-state index < -0.39 is 52.3 Å². The predicted molar refractivity (Wildman–Crippen MR) is 202 cm³/mol. The Morgan fingerprint density at radius 1 is 1.13 bits per heavy atom. The summed E-state index contributed by atoms with van der Waals surface area (Å²) in [5, 5.41) is 20.5. The molecule has 8 aliphatic rings. The summed E-state index contributed by atoms with van der Waals surface area (Å²) in [5.74, 6) is -1.91. The molecular formula is C40H54N4NaO10. The number of likely N-dealkylation sites (N-methyl/N-ethyl adjacent to an activating group) is 1. The first kappa shape index (κ1) is 43.1. The third-order valence-corrected chi connectivity index (χ3v) is 14.0. The topological polar surface area (TPSA) is 220 Å². The number of ether oxygens (including phenoxy) is 2. The molecule has 3 heterocycles. The van der Waals surface area contributed by atoms with E-state index in [0.717, 1.165) is 24.8 Å². The zero-order valence-corrected chi connectivity index (χ0v) is 32.0. The van der Waals surface area contributed by atoms with E-state index in [1.165, 1.54) is 7.11 Å². The molecule has 1 amide bonds. The second-order valence-electron chi connectivity index (χ2n) is 16.4. The van der Waals surface area contributed by atoms with Gasteiger partial charge >= 0.3 is 35.7 Å². The van der Waals surface area contributed by atoms with Gasteiger partial charge in [-0.1, -0.05) is 45.8 Å². The van der Waals surface area contributed by atoms with E-state index in [0.29, 0.717) is 25.1 Å². The molecule has 0 bridgehead atoms. The minimum atomic E-state index is -1.62. The number of allylic oxidation sites excluding steroid dienone is 6. The predicted octanol–water partition coefficient (Wildman–Crippen LogP) is 1.04. The molecule has 6 N–H and O–H groups in total. The number of hydrogen-bond donors (Lipinski definition) is 4. The Morgan fingerprint density at radius 3 is 2.38 bits per heavy atom. The quantitative estimate of drug-likeness (QED) is 0.175. The average Bonchev–Trinajstić information content (AvgIpc) is 3.37. The third kappa shape index (κ3) is 6.08. The Balaban J connectivity index is 0.000000194. The van der Waals surface area contributed by atoms with Crippen molar-refractivity contribution >= 4 is 64.6 Å². The summed E-state index contributed by atoms with van der Waals surface area (Å²) in [6.07, 6.45) is 7.88. The van der Waals surface area contributed by atoms with Crippen LogP contribution in [0.5, 0.6) is 0 Å². The summed E-state index contributed by atoms with van der Waals surface area (Å²) in [4.78, 5) is 78.2. The van der Waals surface area contributed by atoms with Gasteiger partial charge in [-0.15, -0.1) is 0 Å². The van der Waals surface area contributed by atoms with Crippen molar-refractivity contribution in [1.82, 2.24) is 9.80 Å². The molecule has 11 atom stereocenters. The summed E-state index contributed by atoms with van der Waals surface area (Å²) in [6, 6.07) is 0.211. The van der Waals surface area contributed by atoms with Gasteiger partial charge in [0.05, 0.1) is 23.4 Å². The Labute approximate surface area is 344 Å². The van der Waals surface area contributed by atoms with Crippen LogP contribution in [0.1, 0.15) is 66.2 Å². The van der Waals surface area contributed by atoms with Crippen LogP contribution >= 0.6 is 0 Å². The molecule has 0 aromatic carbocycles. The Kier molecular flexibility index (Phi) is 11.8. The minimum absolute atomic E-state index is 0. The molecule has 0 aromatic heterocycles. The second kappa shape index (κ2) is 15.1. The molecule has 295 valence electrons. The fourth-order valence-electron chi connectivity index (χ4n) is 11.4. The number of aliphatic hydroxyl groups is 2. The molecule has 0 spiro atoms. The monoisotopic (exact) mass is 773 g/mol. The van der Waals surface area contributed by atoms with Gasteiger partial charge in [-0.25, -0.2) is 4.79 Å². The molecule has 0 aromatic rings. The van der Waals surface area contributed by atoms with E-state index in [1.807, 2.05) is 38.8 Å². The van der Waals surface area contributed by atoms with Crippen LogP contribution in [0.2, 0.25) is 0 Å². The van der Waals surface area contributed by atoms with Crippen LogP contribution in [0.4, 0.5) is 4.79 Å². The Hall–Kier alpha value is -2.98. The maximum absolute atomic E-state index is 13.3. The molecule has 3 aliphatic heterocycles. The number of nitrogens with zero attached hydrogens (tertiary/aromatic N) is 2. The van der Waals surface area contributed by atoms with Gasteiger partial charge in [-0.3, -0.25) is 28.9 Å². The van der Waals surface area contributed by atoms with Crippen LogP contribution in [0, 0.1) is 41.4 Å². The van der Waals surface area contributed by atoms with Crippen LogP contribution in [-0.2, 0) is 33.4 Å². The summed E-state index contributed by atoms with van der Waals surface area (Å²) in [6.45, 7) is 10.6. The van der Waals surface area contributed by atoms with Crippen molar-refractivity contribution in [1.29, 1.82) is 0 Å². The number of hydrogen-bond acceptors (Lipinski definition) is 13. The van der Waals surface area contributed by atoms with Crippen molar-refractivity contribution in [3.05, 3.63) is 53.3 Å². The number of ketones is 5. The van der Waals surface area contributed by atoms with Crippen molar-refractivity contribution in [3.63, 3.8) is 0 Å². The number of Topliss-reactive ketones (excluding diaryl/α,β-unsaturated/α-hetero) is 4. The van der Waals surface area contributed by atoms with Crippen molar-refractivity contribution in [3.8, 4) is 0 Å². The zero-order chi connectivity index (χ0) is 39.9. The van der Waals surface area contributed by atoms with Crippen LogP contribution in [0.3, 0.4) is 0 Å². The van der Waals surface area contributed by atoms with Gasteiger partial charge in [0.15, 0.2) is 17.3 Å². The van der Waals surface area contributed by atoms with Crippen LogP contribution in [0.15, 0.2) is 46.3 Å². The van der Waals surface area contributed by atoms with Gasteiger partial charge < -0.3 is 36.1 Å². The molecule has 8 rings (SSSR count). The van der Waals surface area contributed by atoms with Gasteiger partial charge in [-0.05, 0) is 63.6 Å². The van der Waals surface area contributed by atoms with Crippen LogP contribution in [0.25, 0.3) is 0 Å². The number of carbonyl (C=O) groups is 6.